The molecule has 1 aromatic heterocycles. The Kier molecular flexibility index (Phi) is 6.95. The van der Waals surface area contributed by atoms with Gasteiger partial charge in [-0.15, -0.1) is 11.3 Å². The van der Waals surface area contributed by atoms with Gasteiger partial charge in [0.1, 0.15) is 0 Å². The number of nitrogens with one attached hydrogen (secondary N) is 1. The van der Waals surface area contributed by atoms with E-state index in [9.17, 15) is 22.8 Å². The van der Waals surface area contributed by atoms with Crippen LogP contribution in [-0.2, 0) is 33.3 Å². The average Bonchev–Trinajstić information content (AvgIpc) is 3.01. The van der Waals surface area contributed by atoms with E-state index in [1.807, 2.05) is 0 Å². The zero-order valence-corrected chi connectivity index (χ0v) is 15.6. The van der Waals surface area contributed by atoms with Crippen molar-refractivity contribution in [1.29, 1.82) is 0 Å². The van der Waals surface area contributed by atoms with E-state index in [1.54, 1.807) is 19.2 Å². The summed E-state index contributed by atoms with van der Waals surface area (Å²) in [5, 5.41) is 4.68. The van der Waals surface area contributed by atoms with Gasteiger partial charge in [0.15, 0.2) is 5.13 Å². The van der Waals surface area contributed by atoms with Gasteiger partial charge >= 0.3 is 12.1 Å². The fraction of sp³-hybridized carbons (Fsp3) is 0.389. The number of amides is 1. The molecule has 1 unspecified atom stereocenters. The van der Waals surface area contributed by atoms with Crippen LogP contribution in [0.2, 0.25) is 0 Å². The molecule has 0 bridgehead atoms. The van der Waals surface area contributed by atoms with Gasteiger partial charge < -0.3 is 10.1 Å². The lowest BCUT2D eigenvalue weighted by Gasteiger charge is -2.12. The van der Waals surface area contributed by atoms with Crippen LogP contribution in [0.4, 0.5) is 18.3 Å². The highest BCUT2D eigenvalue weighted by Gasteiger charge is 2.30. The largest absolute Gasteiger partial charge is 0.466 e. The van der Waals surface area contributed by atoms with Crippen LogP contribution in [0.1, 0.15) is 30.7 Å². The van der Waals surface area contributed by atoms with Gasteiger partial charge in [-0.1, -0.05) is 19.1 Å². The van der Waals surface area contributed by atoms with Gasteiger partial charge in [-0.05, 0) is 31.0 Å². The Bertz CT molecular complexity index is 788. The van der Waals surface area contributed by atoms with Crippen LogP contribution >= 0.6 is 11.3 Å². The molecule has 146 valence electrons. The van der Waals surface area contributed by atoms with Crippen LogP contribution in [0.15, 0.2) is 29.6 Å². The molecule has 1 heterocycles. The Balaban J connectivity index is 1.90. The number of hydrogen-bond acceptors (Lipinski definition) is 5. The molecule has 0 saturated carbocycles. The third-order valence-electron chi connectivity index (χ3n) is 3.68. The normalized spacial score (nSPS) is 12.5. The first-order chi connectivity index (χ1) is 12.7. The van der Waals surface area contributed by atoms with Crippen LogP contribution in [0.5, 0.6) is 0 Å². The number of halogens is 3. The highest BCUT2D eigenvalue weighted by molar-refractivity contribution is 7.13. The SMILES string of the molecule is CCOC(=O)Cc1csc(NC(=O)C(C)Cc2ccc(C(F)(F)F)cc2)n1. The van der Waals surface area contributed by atoms with Gasteiger partial charge in [-0.2, -0.15) is 13.2 Å². The van der Waals surface area contributed by atoms with Gasteiger partial charge in [0.2, 0.25) is 5.91 Å². The number of carbonyl (C=O) groups is 2. The number of anilines is 1. The molecule has 0 aliphatic heterocycles. The Hall–Kier alpha value is -2.42. The third kappa shape index (κ3) is 6.35. The number of esters is 1. The van der Waals surface area contributed by atoms with Crippen LogP contribution in [0.25, 0.3) is 0 Å². The molecule has 0 saturated heterocycles. The zero-order valence-electron chi connectivity index (χ0n) is 14.8. The van der Waals surface area contributed by atoms with Crippen molar-refractivity contribution < 1.29 is 27.5 Å². The van der Waals surface area contributed by atoms with Crippen molar-refractivity contribution in [3.05, 3.63) is 46.5 Å². The summed E-state index contributed by atoms with van der Waals surface area (Å²) in [6.07, 6.45) is -4.06. The average molecular weight is 400 g/mol. The predicted molar refractivity (Wildman–Crippen MR) is 95.4 cm³/mol. The fourth-order valence-electron chi connectivity index (χ4n) is 2.31. The molecule has 0 spiro atoms. The van der Waals surface area contributed by atoms with E-state index in [0.717, 1.165) is 12.1 Å². The number of alkyl halides is 3. The number of carbonyl (C=O) groups excluding carboxylic acids is 2. The highest BCUT2D eigenvalue weighted by Crippen LogP contribution is 2.29. The molecule has 1 N–H and O–H groups in total. The fourth-order valence-corrected chi connectivity index (χ4v) is 3.02. The van der Waals surface area contributed by atoms with Crippen molar-refractivity contribution in [3.63, 3.8) is 0 Å². The minimum atomic E-state index is -4.38. The highest BCUT2D eigenvalue weighted by atomic mass is 32.1. The molecule has 1 aromatic carbocycles. The summed E-state index contributed by atoms with van der Waals surface area (Å²) < 4.78 is 42.6. The van der Waals surface area contributed by atoms with E-state index in [-0.39, 0.29) is 18.9 Å². The zero-order chi connectivity index (χ0) is 20.0. The van der Waals surface area contributed by atoms with Crippen molar-refractivity contribution in [2.45, 2.75) is 32.9 Å². The molecule has 2 aromatic rings. The molecule has 0 aliphatic rings. The number of rotatable bonds is 7. The van der Waals surface area contributed by atoms with Crippen molar-refractivity contribution in [3.8, 4) is 0 Å². The van der Waals surface area contributed by atoms with E-state index in [4.69, 9.17) is 4.74 Å². The van der Waals surface area contributed by atoms with Crippen LogP contribution in [-0.4, -0.2) is 23.5 Å². The number of thiazole rings is 1. The standard InChI is InChI=1S/C18H19F3N2O3S/c1-3-26-15(24)9-14-10-27-17(22-14)23-16(25)11(2)8-12-4-6-13(7-5-12)18(19,20)21/h4-7,10-11H,3,8-9H2,1-2H3,(H,22,23,25). The minimum Gasteiger partial charge on any atom is -0.466 e. The second-order valence-electron chi connectivity index (χ2n) is 5.91. The van der Waals surface area contributed by atoms with Crippen LogP contribution < -0.4 is 5.32 Å². The predicted octanol–water partition coefficient (Wildman–Crippen LogP) is 4.08. The first-order valence-electron chi connectivity index (χ1n) is 8.26. The summed E-state index contributed by atoms with van der Waals surface area (Å²) in [5.74, 6) is -1.15. The molecule has 1 atom stereocenters. The van der Waals surface area contributed by atoms with Gasteiger partial charge in [-0.3, -0.25) is 9.59 Å². The Morgan fingerprint density at radius 3 is 2.52 bits per heavy atom. The van der Waals surface area contributed by atoms with Gasteiger partial charge in [0.25, 0.3) is 0 Å². The molecule has 9 heteroatoms. The number of benzene rings is 1. The third-order valence-corrected chi connectivity index (χ3v) is 4.49. The minimum absolute atomic E-state index is 0.0291. The number of ether oxygens (including phenoxy) is 1. The molecule has 2 rings (SSSR count). The van der Waals surface area contributed by atoms with E-state index < -0.39 is 23.6 Å². The number of nitrogens with zero attached hydrogens (tertiary/aromatic N) is 1. The monoisotopic (exact) mass is 400 g/mol. The maximum Gasteiger partial charge on any atom is 0.416 e. The van der Waals surface area contributed by atoms with Crippen LogP contribution in [0.3, 0.4) is 0 Å². The molecule has 0 aliphatic carbocycles. The maximum atomic E-state index is 12.6. The summed E-state index contributed by atoms with van der Waals surface area (Å²) in [4.78, 5) is 27.8. The number of hydrogen-bond donors (Lipinski definition) is 1. The summed E-state index contributed by atoms with van der Waals surface area (Å²) in [5.41, 5.74) is 0.414. The molecular formula is C18H19F3N2O3S. The van der Waals surface area contributed by atoms with E-state index in [0.29, 0.717) is 22.8 Å². The smallest absolute Gasteiger partial charge is 0.416 e. The summed E-state index contributed by atoms with van der Waals surface area (Å²) in [7, 11) is 0. The van der Waals surface area contributed by atoms with Crippen molar-refractivity contribution in [2.75, 3.05) is 11.9 Å². The lowest BCUT2D eigenvalue weighted by atomic mass is 9.99. The van der Waals surface area contributed by atoms with Crippen molar-refractivity contribution >= 4 is 28.3 Å². The molecule has 27 heavy (non-hydrogen) atoms. The first kappa shape index (κ1) is 20.9. The van der Waals surface area contributed by atoms with Crippen molar-refractivity contribution in [2.24, 2.45) is 5.92 Å². The summed E-state index contributed by atoms with van der Waals surface area (Å²) in [6.45, 7) is 3.68. The Morgan fingerprint density at radius 2 is 1.93 bits per heavy atom. The van der Waals surface area contributed by atoms with E-state index >= 15 is 0 Å². The second kappa shape index (κ2) is 8.98. The quantitative estimate of drug-likeness (QED) is 0.711. The van der Waals surface area contributed by atoms with Gasteiger partial charge in [0.05, 0.1) is 24.3 Å². The van der Waals surface area contributed by atoms with E-state index in [1.165, 1.54) is 23.5 Å². The Labute approximate surface area is 158 Å². The topological polar surface area (TPSA) is 68.3 Å². The molecule has 0 radical (unpaired) electrons. The lowest BCUT2D eigenvalue weighted by molar-refractivity contribution is -0.142. The summed E-state index contributed by atoms with van der Waals surface area (Å²) >= 11 is 1.19. The molecule has 0 fully saturated rings. The Morgan fingerprint density at radius 1 is 1.26 bits per heavy atom. The van der Waals surface area contributed by atoms with E-state index in [2.05, 4.69) is 10.3 Å². The summed E-state index contributed by atoms with van der Waals surface area (Å²) in [6, 6.07) is 4.74. The molecular weight excluding hydrogens is 381 g/mol. The second-order valence-corrected chi connectivity index (χ2v) is 6.77. The van der Waals surface area contributed by atoms with Crippen LogP contribution in [0, 0.1) is 5.92 Å². The van der Waals surface area contributed by atoms with Crippen molar-refractivity contribution in [1.82, 2.24) is 4.98 Å². The molecule has 1 amide bonds. The molecule has 5 nitrogen and oxygen atoms in total. The lowest BCUT2D eigenvalue weighted by Crippen LogP contribution is -2.22. The number of aromatic nitrogens is 1. The van der Waals surface area contributed by atoms with Gasteiger partial charge in [-0.25, -0.2) is 4.98 Å². The maximum absolute atomic E-state index is 12.6. The van der Waals surface area contributed by atoms with Gasteiger partial charge in [0, 0.05) is 11.3 Å². The first-order valence-corrected chi connectivity index (χ1v) is 9.14.